The molecular formula is C17H21NO6S3. The van der Waals surface area contributed by atoms with Gasteiger partial charge < -0.3 is 14.8 Å². The Morgan fingerprint density at radius 2 is 1.89 bits per heavy atom. The second-order valence-electron chi connectivity index (χ2n) is 6.24. The van der Waals surface area contributed by atoms with E-state index in [0.29, 0.717) is 12.3 Å². The van der Waals surface area contributed by atoms with E-state index < -0.39 is 36.7 Å². The molecule has 0 bridgehead atoms. The molecular weight excluding hydrogens is 410 g/mol. The van der Waals surface area contributed by atoms with Crippen LogP contribution in [0.5, 0.6) is 11.5 Å². The van der Waals surface area contributed by atoms with Gasteiger partial charge in [-0.3, -0.25) is 0 Å². The maximum absolute atomic E-state index is 13.2. The number of benzene rings is 1. The fourth-order valence-corrected chi connectivity index (χ4v) is 8.51. The number of thiophene rings is 1. The summed E-state index contributed by atoms with van der Waals surface area (Å²) in [7, 11) is -4.46. The van der Waals surface area contributed by atoms with Gasteiger partial charge in [0.1, 0.15) is 0 Å². The summed E-state index contributed by atoms with van der Waals surface area (Å²) >= 11 is 1.53. The van der Waals surface area contributed by atoms with Gasteiger partial charge in [-0.15, -0.1) is 11.3 Å². The molecule has 0 amide bonds. The summed E-state index contributed by atoms with van der Waals surface area (Å²) in [5.41, 5.74) is 0. The van der Waals surface area contributed by atoms with Gasteiger partial charge in [0.05, 0.1) is 35.9 Å². The van der Waals surface area contributed by atoms with E-state index in [2.05, 4.69) is 5.32 Å². The molecule has 148 valence electrons. The second-order valence-corrected chi connectivity index (χ2v) is 11.6. The van der Waals surface area contributed by atoms with Crippen molar-refractivity contribution in [1.82, 2.24) is 5.32 Å². The Morgan fingerprint density at radius 1 is 1.15 bits per heavy atom. The molecule has 7 nitrogen and oxygen atoms in total. The minimum Gasteiger partial charge on any atom is -0.493 e. The second kappa shape index (κ2) is 7.78. The van der Waals surface area contributed by atoms with Crippen molar-refractivity contribution in [1.29, 1.82) is 0 Å². The molecule has 0 spiro atoms. The molecule has 27 heavy (non-hydrogen) atoms. The van der Waals surface area contributed by atoms with E-state index in [4.69, 9.17) is 9.47 Å². The fourth-order valence-electron chi connectivity index (χ4n) is 3.12. The monoisotopic (exact) mass is 431 g/mol. The molecule has 1 N–H and O–H groups in total. The van der Waals surface area contributed by atoms with Crippen LogP contribution in [-0.4, -0.2) is 53.9 Å². The summed E-state index contributed by atoms with van der Waals surface area (Å²) in [4.78, 5) is 1.03. The standard InChI is InChI=1S/C17H21NO6S3/c1-23-15-6-5-13(8-16(15)24-2)27(21,22)17-11-26(19,20)10-14(17)18-9-12-4-3-7-25-12/h3-8,14,17-18H,9-11H2,1-2H3/t14-,17-/m0/s1. The predicted molar refractivity (Wildman–Crippen MR) is 104 cm³/mol. The fraction of sp³-hybridized carbons (Fsp3) is 0.412. The number of nitrogens with one attached hydrogen (secondary N) is 1. The van der Waals surface area contributed by atoms with Gasteiger partial charge in [-0.2, -0.15) is 0 Å². The van der Waals surface area contributed by atoms with Gasteiger partial charge in [-0.1, -0.05) is 6.07 Å². The highest BCUT2D eigenvalue weighted by Gasteiger charge is 2.45. The maximum atomic E-state index is 13.2. The Balaban J connectivity index is 1.90. The topological polar surface area (TPSA) is 98.8 Å². The number of sulfone groups is 2. The number of hydrogen-bond donors (Lipinski definition) is 1. The first kappa shape index (κ1) is 20.1. The SMILES string of the molecule is COc1ccc(S(=O)(=O)[C@H]2CS(=O)(=O)C[C@@H]2NCc2cccs2)cc1OC. The Kier molecular flexibility index (Phi) is 5.80. The molecule has 10 heteroatoms. The third-order valence-electron chi connectivity index (χ3n) is 4.50. The lowest BCUT2D eigenvalue weighted by molar-refractivity contribution is 0.354. The summed E-state index contributed by atoms with van der Waals surface area (Å²) in [6.07, 6.45) is 0. The summed E-state index contributed by atoms with van der Waals surface area (Å²) in [5, 5.41) is 3.97. The van der Waals surface area contributed by atoms with Crippen molar-refractivity contribution in [2.75, 3.05) is 25.7 Å². The Bertz CT molecular complexity index is 999. The minimum absolute atomic E-state index is 0.0187. The van der Waals surface area contributed by atoms with Crippen LogP contribution in [0.25, 0.3) is 0 Å². The maximum Gasteiger partial charge on any atom is 0.183 e. The van der Waals surface area contributed by atoms with Gasteiger partial charge in [0.15, 0.2) is 31.2 Å². The van der Waals surface area contributed by atoms with E-state index >= 15 is 0 Å². The Labute approximate surface area is 163 Å². The van der Waals surface area contributed by atoms with Gasteiger partial charge in [0.25, 0.3) is 0 Å². The van der Waals surface area contributed by atoms with Crippen LogP contribution < -0.4 is 14.8 Å². The molecule has 0 saturated carbocycles. The molecule has 1 aliphatic rings. The number of methoxy groups -OCH3 is 2. The van der Waals surface area contributed by atoms with Crippen molar-refractivity contribution in [3.63, 3.8) is 0 Å². The first-order valence-electron chi connectivity index (χ1n) is 8.19. The minimum atomic E-state index is -3.88. The summed E-state index contributed by atoms with van der Waals surface area (Å²) < 4.78 is 61.0. The van der Waals surface area contributed by atoms with E-state index in [9.17, 15) is 16.8 Å². The predicted octanol–water partition coefficient (Wildman–Crippen LogP) is 1.49. The van der Waals surface area contributed by atoms with Gasteiger partial charge in [-0.05, 0) is 23.6 Å². The van der Waals surface area contributed by atoms with Crippen LogP contribution in [0.1, 0.15) is 4.88 Å². The quantitative estimate of drug-likeness (QED) is 0.709. The van der Waals surface area contributed by atoms with Gasteiger partial charge >= 0.3 is 0 Å². The molecule has 1 aliphatic heterocycles. The van der Waals surface area contributed by atoms with E-state index in [-0.39, 0.29) is 16.4 Å². The van der Waals surface area contributed by atoms with E-state index in [1.54, 1.807) is 0 Å². The summed E-state index contributed by atoms with van der Waals surface area (Å²) in [6.45, 7) is 0.426. The van der Waals surface area contributed by atoms with Crippen molar-refractivity contribution in [3.05, 3.63) is 40.6 Å². The first-order chi connectivity index (χ1) is 12.8. The van der Waals surface area contributed by atoms with Crippen molar-refractivity contribution in [2.45, 2.75) is 22.7 Å². The van der Waals surface area contributed by atoms with Gasteiger partial charge in [0, 0.05) is 23.5 Å². The smallest absolute Gasteiger partial charge is 0.183 e. The van der Waals surface area contributed by atoms with Crippen LogP contribution in [-0.2, 0) is 26.2 Å². The lowest BCUT2D eigenvalue weighted by atomic mass is 10.2. The molecule has 1 fully saturated rings. The van der Waals surface area contributed by atoms with Gasteiger partial charge in [-0.25, -0.2) is 16.8 Å². The zero-order valence-electron chi connectivity index (χ0n) is 14.9. The van der Waals surface area contributed by atoms with E-state index in [1.165, 1.54) is 43.8 Å². The lowest BCUT2D eigenvalue weighted by Crippen LogP contribution is -2.42. The average Bonchev–Trinajstić information content (AvgIpc) is 3.26. The third kappa shape index (κ3) is 4.29. The number of rotatable bonds is 7. The molecule has 2 aromatic rings. The van der Waals surface area contributed by atoms with Crippen molar-refractivity contribution < 1.29 is 26.3 Å². The Morgan fingerprint density at radius 3 is 2.52 bits per heavy atom. The molecule has 2 heterocycles. The molecule has 1 aromatic heterocycles. The molecule has 1 aromatic carbocycles. The number of ether oxygens (including phenoxy) is 2. The van der Waals surface area contributed by atoms with E-state index in [0.717, 1.165) is 4.88 Å². The van der Waals surface area contributed by atoms with Gasteiger partial charge in [0.2, 0.25) is 0 Å². The highest BCUT2D eigenvalue weighted by atomic mass is 32.2. The van der Waals surface area contributed by atoms with Crippen LogP contribution >= 0.6 is 11.3 Å². The third-order valence-corrected chi connectivity index (χ3v) is 9.53. The summed E-state index contributed by atoms with van der Waals surface area (Å²) in [6, 6.07) is 7.43. The zero-order valence-corrected chi connectivity index (χ0v) is 17.4. The van der Waals surface area contributed by atoms with Crippen LogP contribution in [0.3, 0.4) is 0 Å². The molecule has 0 unspecified atom stereocenters. The molecule has 3 rings (SSSR count). The summed E-state index contributed by atoms with van der Waals surface area (Å²) in [5.74, 6) is 0.0897. The van der Waals surface area contributed by atoms with Crippen molar-refractivity contribution in [3.8, 4) is 11.5 Å². The van der Waals surface area contributed by atoms with Crippen molar-refractivity contribution >= 4 is 31.0 Å². The van der Waals surface area contributed by atoms with Crippen LogP contribution in [0.15, 0.2) is 40.6 Å². The zero-order chi connectivity index (χ0) is 19.7. The van der Waals surface area contributed by atoms with Crippen LogP contribution in [0, 0.1) is 0 Å². The molecule has 2 atom stereocenters. The normalized spacial score (nSPS) is 21.9. The highest BCUT2D eigenvalue weighted by molar-refractivity contribution is 7.96. The molecule has 0 aliphatic carbocycles. The van der Waals surface area contributed by atoms with Crippen molar-refractivity contribution in [2.24, 2.45) is 0 Å². The average molecular weight is 432 g/mol. The van der Waals surface area contributed by atoms with E-state index in [1.807, 2.05) is 17.5 Å². The van der Waals surface area contributed by atoms with Crippen LogP contribution in [0.4, 0.5) is 0 Å². The molecule has 0 radical (unpaired) electrons. The highest BCUT2D eigenvalue weighted by Crippen LogP contribution is 2.33. The Hall–Kier alpha value is -1.62. The first-order valence-corrected chi connectivity index (χ1v) is 12.4. The van der Waals surface area contributed by atoms with Crippen LogP contribution in [0.2, 0.25) is 0 Å². The lowest BCUT2D eigenvalue weighted by Gasteiger charge is -2.20. The molecule has 1 saturated heterocycles. The number of hydrogen-bond acceptors (Lipinski definition) is 8. The largest absolute Gasteiger partial charge is 0.493 e.